The Balaban J connectivity index is 3.09. The Labute approximate surface area is 101 Å². The fraction of sp³-hybridized carbons (Fsp3) is 0.364. The summed E-state index contributed by atoms with van der Waals surface area (Å²) in [5.74, 6) is 0. The summed E-state index contributed by atoms with van der Waals surface area (Å²) in [5.41, 5.74) is 0.288. The molecule has 0 aliphatic heterocycles. The SMILES string of the molecule is CC(O)CN(C)S(=O)(=O)c1cccc(C#N)c1. The van der Waals surface area contributed by atoms with Gasteiger partial charge in [0.05, 0.1) is 22.6 Å². The molecule has 0 radical (unpaired) electrons. The van der Waals surface area contributed by atoms with E-state index in [0.717, 1.165) is 4.31 Å². The van der Waals surface area contributed by atoms with Gasteiger partial charge in [-0.15, -0.1) is 0 Å². The summed E-state index contributed by atoms with van der Waals surface area (Å²) in [6.07, 6.45) is -0.742. The lowest BCUT2D eigenvalue weighted by molar-refractivity contribution is 0.171. The van der Waals surface area contributed by atoms with Gasteiger partial charge in [-0.1, -0.05) is 6.07 Å². The third kappa shape index (κ3) is 3.27. The van der Waals surface area contributed by atoms with Crippen molar-refractivity contribution < 1.29 is 13.5 Å². The third-order valence-corrected chi connectivity index (χ3v) is 4.01. The molecule has 0 saturated carbocycles. The highest BCUT2D eigenvalue weighted by atomic mass is 32.2. The molecule has 0 amide bonds. The zero-order chi connectivity index (χ0) is 13.1. The largest absolute Gasteiger partial charge is 0.392 e. The van der Waals surface area contributed by atoms with Crippen LogP contribution in [0.4, 0.5) is 0 Å². The first-order chi connectivity index (χ1) is 7.87. The van der Waals surface area contributed by atoms with Crippen LogP contribution in [-0.2, 0) is 10.0 Å². The molecule has 0 fully saturated rings. The summed E-state index contributed by atoms with van der Waals surface area (Å²) in [7, 11) is -2.25. The molecule has 92 valence electrons. The second kappa shape index (κ2) is 5.27. The molecule has 6 heteroatoms. The van der Waals surface area contributed by atoms with Gasteiger partial charge >= 0.3 is 0 Å². The van der Waals surface area contributed by atoms with E-state index in [2.05, 4.69) is 0 Å². The van der Waals surface area contributed by atoms with Gasteiger partial charge in [0.1, 0.15) is 0 Å². The van der Waals surface area contributed by atoms with Crippen molar-refractivity contribution >= 4 is 10.0 Å². The number of sulfonamides is 1. The Bertz CT molecular complexity index is 532. The Hall–Kier alpha value is -1.42. The van der Waals surface area contributed by atoms with E-state index >= 15 is 0 Å². The number of benzene rings is 1. The van der Waals surface area contributed by atoms with E-state index in [1.165, 1.54) is 38.2 Å². The average molecular weight is 254 g/mol. The monoisotopic (exact) mass is 254 g/mol. The first-order valence-electron chi connectivity index (χ1n) is 5.02. The van der Waals surface area contributed by atoms with Crippen LogP contribution in [0.15, 0.2) is 29.2 Å². The van der Waals surface area contributed by atoms with Crippen LogP contribution in [0, 0.1) is 11.3 Å². The van der Waals surface area contributed by atoms with Gasteiger partial charge in [-0.25, -0.2) is 8.42 Å². The third-order valence-electron chi connectivity index (χ3n) is 2.19. The number of aliphatic hydroxyl groups is 1. The number of likely N-dealkylation sites (N-methyl/N-ethyl adjacent to an activating group) is 1. The van der Waals surface area contributed by atoms with Gasteiger partial charge in [0, 0.05) is 13.6 Å². The van der Waals surface area contributed by atoms with E-state index in [1.54, 1.807) is 0 Å². The highest BCUT2D eigenvalue weighted by Gasteiger charge is 2.21. The number of nitriles is 1. The summed E-state index contributed by atoms with van der Waals surface area (Å²) in [6, 6.07) is 7.68. The summed E-state index contributed by atoms with van der Waals surface area (Å²) >= 11 is 0. The van der Waals surface area contributed by atoms with Crippen LogP contribution in [0.25, 0.3) is 0 Å². The van der Waals surface area contributed by atoms with Crippen LogP contribution in [0.1, 0.15) is 12.5 Å². The maximum atomic E-state index is 12.0. The second-order valence-electron chi connectivity index (χ2n) is 3.77. The molecule has 0 heterocycles. The number of nitrogens with zero attached hydrogens (tertiary/aromatic N) is 2. The van der Waals surface area contributed by atoms with Gasteiger partial charge in [-0.3, -0.25) is 0 Å². The van der Waals surface area contributed by atoms with Gasteiger partial charge in [0.15, 0.2) is 0 Å². The molecule has 0 bridgehead atoms. The molecule has 0 aliphatic carbocycles. The number of hydrogen-bond acceptors (Lipinski definition) is 4. The van der Waals surface area contributed by atoms with E-state index in [-0.39, 0.29) is 17.0 Å². The van der Waals surface area contributed by atoms with Crippen molar-refractivity contribution in [1.82, 2.24) is 4.31 Å². The van der Waals surface area contributed by atoms with Crippen molar-refractivity contribution in [2.45, 2.75) is 17.9 Å². The topological polar surface area (TPSA) is 81.4 Å². The molecule has 1 aromatic carbocycles. The second-order valence-corrected chi connectivity index (χ2v) is 5.82. The minimum Gasteiger partial charge on any atom is -0.392 e. The molecular weight excluding hydrogens is 240 g/mol. The average Bonchev–Trinajstić information content (AvgIpc) is 2.28. The maximum Gasteiger partial charge on any atom is 0.242 e. The van der Waals surface area contributed by atoms with Gasteiger partial charge in [0.2, 0.25) is 10.0 Å². The number of hydrogen-bond donors (Lipinski definition) is 1. The van der Waals surface area contributed by atoms with Crippen LogP contribution in [0.2, 0.25) is 0 Å². The van der Waals surface area contributed by atoms with E-state index in [1.807, 2.05) is 6.07 Å². The van der Waals surface area contributed by atoms with E-state index in [0.29, 0.717) is 0 Å². The molecule has 0 aliphatic rings. The Morgan fingerprint density at radius 2 is 2.18 bits per heavy atom. The maximum absolute atomic E-state index is 12.0. The van der Waals surface area contributed by atoms with Gasteiger partial charge < -0.3 is 5.11 Å². The van der Waals surface area contributed by atoms with Crippen molar-refractivity contribution in [1.29, 1.82) is 5.26 Å². The Kier molecular flexibility index (Phi) is 4.23. The summed E-state index contributed by atoms with van der Waals surface area (Å²) < 4.78 is 25.1. The molecule has 17 heavy (non-hydrogen) atoms. The predicted octanol–water partition coefficient (Wildman–Crippen LogP) is 0.560. The molecule has 0 spiro atoms. The fourth-order valence-corrected chi connectivity index (χ4v) is 2.67. The molecule has 1 atom stereocenters. The zero-order valence-electron chi connectivity index (χ0n) is 9.66. The molecular formula is C11H14N2O3S. The molecule has 0 aromatic heterocycles. The normalized spacial score (nSPS) is 13.4. The molecule has 1 unspecified atom stereocenters. The highest BCUT2D eigenvalue weighted by Crippen LogP contribution is 2.15. The van der Waals surface area contributed by atoms with E-state index in [9.17, 15) is 13.5 Å². The van der Waals surface area contributed by atoms with Crippen LogP contribution in [0.5, 0.6) is 0 Å². The van der Waals surface area contributed by atoms with Gasteiger partial charge in [-0.05, 0) is 25.1 Å². The summed E-state index contributed by atoms with van der Waals surface area (Å²) in [4.78, 5) is 0.0553. The highest BCUT2D eigenvalue weighted by molar-refractivity contribution is 7.89. The number of rotatable bonds is 4. The van der Waals surface area contributed by atoms with E-state index in [4.69, 9.17) is 5.26 Å². The van der Waals surface area contributed by atoms with Crippen LogP contribution >= 0.6 is 0 Å². The van der Waals surface area contributed by atoms with Crippen molar-refractivity contribution in [3.8, 4) is 6.07 Å². The van der Waals surface area contributed by atoms with Crippen LogP contribution in [0.3, 0.4) is 0 Å². The zero-order valence-corrected chi connectivity index (χ0v) is 10.5. The molecule has 0 saturated heterocycles. The lowest BCUT2D eigenvalue weighted by Crippen LogP contribution is -2.33. The first-order valence-corrected chi connectivity index (χ1v) is 6.46. The lowest BCUT2D eigenvalue weighted by atomic mass is 10.2. The van der Waals surface area contributed by atoms with Crippen LogP contribution < -0.4 is 0 Å². The smallest absolute Gasteiger partial charge is 0.242 e. The van der Waals surface area contributed by atoms with Crippen LogP contribution in [-0.4, -0.2) is 37.5 Å². The van der Waals surface area contributed by atoms with Gasteiger partial charge in [-0.2, -0.15) is 9.57 Å². The lowest BCUT2D eigenvalue weighted by Gasteiger charge is -2.18. The predicted molar refractivity (Wildman–Crippen MR) is 62.7 cm³/mol. The minimum atomic E-state index is -3.64. The standard InChI is InChI=1S/C11H14N2O3S/c1-9(14)8-13(2)17(15,16)11-5-3-4-10(6-11)7-12/h3-6,9,14H,8H2,1-2H3. The first kappa shape index (κ1) is 13.6. The molecule has 1 aromatic rings. The van der Waals surface area contributed by atoms with Crippen molar-refractivity contribution in [2.75, 3.05) is 13.6 Å². The van der Waals surface area contributed by atoms with Gasteiger partial charge in [0.25, 0.3) is 0 Å². The molecule has 5 nitrogen and oxygen atoms in total. The molecule has 1 N–H and O–H groups in total. The summed E-state index contributed by atoms with van der Waals surface area (Å²) in [6.45, 7) is 1.52. The van der Waals surface area contributed by atoms with Crippen molar-refractivity contribution in [3.05, 3.63) is 29.8 Å². The number of aliphatic hydroxyl groups excluding tert-OH is 1. The fourth-order valence-electron chi connectivity index (χ4n) is 1.38. The minimum absolute atomic E-state index is 0.0130. The Morgan fingerprint density at radius 3 is 2.71 bits per heavy atom. The van der Waals surface area contributed by atoms with Crippen molar-refractivity contribution in [3.63, 3.8) is 0 Å². The van der Waals surface area contributed by atoms with E-state index < -0.39 is 16.1 Å². The molecule has 1 rings (SSSR count). The Morgan fingerprint density at radius 1 is 1.53 bits per heavy atom. The summed E-state index contributed by atoms with van der Waals surface area (Å²) in [5, 5.41) is 17.9. The quantitative estimate of drug-likeness (QED) is 0.851. The van der Waals surface area contributed by atoms with Crippen molar-refractivity contribution in [2.24, 2.45) is 0 Å².